The molecule has 0 fully saturated rings. The van der Waals surface area contributed by atoms with Crippen molar-refractivity contribution in [3.63, 3.8) is 0 Å². The first-order valence-electron chi connectivity index (χ1n) is 6.66. The molecule has 0 spiro atoms. The molecule has 1 nitrogen and oxygen atoms in total. The molecule has 2 aromatic carbocycles. The molecule has 20 heavy (non-hydrogen) atoms. The molecule has 4 rings (SSSR count). The van der Waals surface area contributed by atoms with Gasteiger partial charge >= 0.3 is 0 Å². The maximum absolute atomic E-state index is 4.45. The predicted octanol–water partition coefficient (Wildman–Crippen LogP) is 5.42. The van der Waals surface area contributed by atoms with E-state index >= 15 is 0 Å². The van der Waals surface area contributed by atoms with Crippen LogP contribution in [-0.2, 0) is 0 Å². The van der Waals surface area contributed by atoms with Gasteiger partial charge < -0.3 is 0 Å². The van der Waals surface area contributed by atoms with Crippen molar-refractivity contribution in [2.45, 2.75) is 6.92 Å². The molecule has 0 radical (unpaired) electrons. The van der Waals surface area contributed by atoms with Gasteiger partial charge in [-0.15, -0.1) is 11.3 Å². The van der Waals surface area contributed by atoms with Gasteiger partial charge in [0.25, 0.3) is 0 Å². The fraction of sp³-hybridized carbons (Fsp3) is 0.0556. The summed E-state index contributed by atoms with van der Waals surface area (Å²) >= 11 is 1.86. The summed E-state index contributed by atoms with van der Waals surface area (Å²) in [5.74, 6) is 0. The van der Waals surface area contributed by atoms with Crippen LogP contribution in [0.3, 0.4) is 0 Å². The van der Waals surface area contributed by atoms with E-state index in [1.165, 1.54) is 31.3 Å². The van der Waals surface area contributed by atoms with Gasteiger partial charge in [-0.25, -0.2) is 0 Å². The lowest BCUT2D eigenvalue weighted by atomic mass is 10.0. The van der Waals surface area contributed by atoms with Crippen molar-refractivity contribution >= 4 is 31.5 Å². The highest BCUT2D eigenvalue weighted by Gasteiger charge is 2.08. The molecular weight excluding hydrogens is 262 g/mol. The Hall–Kier alpha value is -2.19. The number of nitrogens with zero attached hydrogens (tertiary/aromatic N) is 1. The quantitative estimate of drug-likeness (QED) is 0.451. The van der Waals surface area contributed by atoms with Crippen molar-refractivity contribution in [3.8, 4) is 11.3 Å². The second-order valence-electron chi connectivity index (χ2n) is 4.98. The van der Waals surface area contributed by atoms with E-state index in [1.54, 1.807) is 0 Å². The molecule has 0 atom stereocenters. The Morgan fingerprint density at radius 1 is 0.900 bits per heavy atom. The van der Waals surface area contributed by atoms with Gasteiger partial charge in [-0.2, -0.15) is 0 Å². The average molecular weight is 275 g/mol. The molecule has 2 heterocycles. The van der Waals surface area contributed by atoms with Crippen LogP contribution in [0.15, 0.2) is 60.8 Å². The maximum atomic E-state index is 4.45. The second kappa shape index (κ2) is 4.43. The summed E-state index contributed by atoms with van der Waals surface area (Å²) in [7, 11) is 0. The Kier molecular flexibility index (Phi) is 2.57. The number of thiophene rings is 1. The molecule has 0 aliphatic heterocycles. The third-order valence-electron chi connectivity index (χ3n) is 3.66. The van der Waals surface area contributed by atoms with Crippen LogP contribution in [0.2, 0.25) is 0 Å². The van der Waals surface area contributed by atoms with Gasteiger partial charge in [-0.05, 0) is 42.8 Å². The molecule has 2 aromatic heterocycles. The lowest BCUT2D eigenvalue weighted by Crippen LogP contribution is -1.81. The van der Waals surface area contributed by atoms with Crippen LogP contribution in [0, 0.1) is 6.92 Å². The van der Waals surface area contributed by atoms with E-state index in [0.29, 0.717) is 0 Å². The van der Waals surface area contributed by atoms with Crippen LogP contribution >= 0.6 is 11.3 Å². The SMILES string of the molecule is Cc1cccc2sc3ccc(-c4ccccn4)cc3c12. The summed E-state index contributed by atoms with van der Waals surface area (Å²) in [6.07, 6.45) is 1.84. The van der Waals surface area contributed by atoms with Crippen LogP contribution < -0.4 is 0 Å². The molecule has 0 aliphatic carbocycles. The van der Waals surface area contributed by atoms with E-state index < -0.39 is 0 Å². The Bertz CT molecular complexity index is 907. The van der Waals surface area contributed by atoms with Crippen LogP contribution in [0.5, 0.6) is 0 Å². The summed E-state index contributed by atoms with van der Waals surface area (Å²) in [6, 6.07) is 19.2. The smallest absolute Gasteiger partial charge is 0.0702 e. The minimum absolute atomic E-state index is 1.03. The number of rotatable bonds is 1. The minimum Gasteiger partial charge on any atom is -0.256 e. The van der Waals surface area contributed by atoms with Gasteiger partial charge in [-0.1, -0.05) is 24.3 Å². The molecule has 96 valence electrons. The lowest BCUT2D eigenvalue weighted by Gasteiger charge is -2.01. The van der Waals surface area contributed by atoms with E-state index in [9.17, 15) is 0 Å². The van der Waals surface area contributed by atoms with Gasteiger partial charge in [-0.3, -0.25) is 4.98 Å². The van der Waals surface area contributed by atoms with Crippen molar-refractivity contribution in [1.82, 2.24) is 4.98 Å². The summed E-state index contributed by atoms with van der Waals surface area (Å²) < 4.78 is 2.70. The summed E-state index contributed by atoms with van der Waals surface area (Å²) in [5, 5.41) is 2.72. The summed E-state index contributed by atoms with van der Waals surface area (Å²) in [5.41, 5.74) is 3.55. The number of aryl methyl sites for hydroxylation is 1. The van der Waals surface area contributed by atoms with E-state index in [-0.39, 0.29) is 0 Å². The third kappa shape index (κ3) is 1.73. The number of hydrogen-bond donors (Lipinski definition) is 0. The molecule has 0 N–H and O–H groups in total. The number of fused-ring (bicyclic) bond motifs is 3. The number of hydrogen-bond acceptors (Lipinski definition) is 2. The largest absolute Gasteiger partial charge is 0.256 e. The Morgan fingerprint density at radius 2 is 1.85 bits per heavy atom. The van der Waals surface area contributed by atoms with Crippen molar-refractivity contribution in [2.75, 3.05) is 0 Å². The van der Waals surface area contributed by atoms with E-state index in [1.807, 2.05) is 29.7 Å². The molecule has 0 saturated carbocycles. The molecular formula is C18H13NS. The molecule has 0 unspecified atom stereocenters. The standard InChI is InChI=1S/C18H13NS/c1-12-5-4-7-17-18(12)14-11-13(8-9-16(14)20-17)15-6-2-3-10-19-15/h2-11H,1H3. The van der Waals surface area contributed by atoms with E-state index in [2.05, 4.69) is 54.4 Å². The normalized spacial score (nSPS) is 11.2. The predicted molar refractivity (Wildman–Crippen MR) is 87.3 cm³/mol. The zero-order valence-corrected chi connectivity index (χ0v) is 11.9. The first-order valence-corrected chi connectivity index (χ1v) is 7.48. The van der Waals surface area contributed by atoms with Gasteiger partial charge in [0.2, 0.25) is 0 Å². The topological polar surface area (TPSA) is 12.9 Å². The summed E-state index contributed by atoms with van der Waals surface area (Å²) in [4.78, 5) is 4.45. The minimum atomic E-state index is 1.03. The van der Waals surface area contributed by atoms with Crippen LogP contribution in [0.4, 0.5) is 0 Å². The van der Waals surface area contributed by atoms with E-state index in [4.69, 9.17) is 0 Å². The molecule has 0 bridgehead atoms. The zero-order valence-electron chi connectivity index (χ0n) is 11.1. The van der Waals surface area contributed by atoms with Crippen LogP contribution in [-0.4, -0.2) is 4.98 Å². The van der Waals surface area contributed by atoms with Gasteiger partial charge in [0.1, 0.15) is 0 Å². The van der Waals surface area contributed by atoms with Crippen molar-refractivity contribution in [2.24, 2.45) is 0 Å². The fourth-order valence-electron chi connectivity index (χ4n) is 2.70. The third-order valence-corrected chi connectivity index (χ3v) is 4.80. The lowest BCUT2D eigenvalue weighted by molar-refractivity contribution is 1.33. The van der Waals surface area contributed by atoms with Crippen molar-refractivity contribution in [3.05, 3.63) is 66.4 Å². The van der Waals surface area contributed by atoms with Gasteiger partial charge in [0.15, 0.2) is 0 Å². The Balaban J connectivity index is 2.06. The Morgan fingerprint density at radius 3 is 2.70 bits per heavy atom. The number of aromatic nitrogens is 1. The first-order chi connectivity index (χ1) is 9.83. The molecule has 0 saturated heterocycles. The van der Waals surface area contributed by atoms with Crippen LogP contribution in [0.1, 0.15) is 5.56 Å². The highest BCUT2D eigenvalue weighted by molar-refractivity contribution is 7.25. The fourth-order valence-corrected chi connectivity index (χ4v) is 3.86. The zero-order chi connectivity index (χ0) is 13.5. The molecule has 0 aliphatic rings. The summed E-state index contributed by atoms with van der Waals surface area (Å²) in [6.45, 7) is 2.18. The average Bonchev–Trinajstić information content (AvgIpc) is 2.87. The second-order valence-corrected chi connectivity index (χ2v) is 6.06. The van der Waals surface area contributed by atoms with Crippen molar-refractivity contribution < 1.29 is 0 Å². The molecule has 0 amide bonds. The molecule has 4 aromatic rings. The number of benzene rings is 2. The first kappa shape index (κ1) is 11.6. The van der Waals surface area contributed by atoms with Crippen molar-refractivity contribution in [1.29, 1.82) is 0 Å². The highest BCUT2D eigenvalue weighted by atomic mass is 32.1. The molecule has 2 heteroatoms. The number of pyridine rings is 1. The monoisotopic (exact) mass is 275 g/mol. The Labute approximate surface area is 121 Å². The van der Waals surface area contributed by atoms with Gasteiger partial charge in [0.05, 0.1) is 5.69 Å². The highest BCUT2D eigenvalue weighted by Crippen LogP contribution is 2.37. The van der Waals surface area contributed by atoms with Gasteiger partial charge in [0, 0.05) is 31.9 Å². The van der Waals surface area contributed by atoms with Crippen LogP contribution in [0.25, 0.3) is 31.4 Å². The maximum Gasteiger partial charge on any atom is 0.0702 e. The van der Waals surface area contributed by atoms with E-state index in [0.717, 1.165) is 5.69 Å².